The Morgan fingerprint density at radius 3 is 3.06 bits per heavy atom. The summed E-state index contributed by atoms with van der Waals surface area (Å²) >= 11 is 7.32. The first-order valence-electron chi connectivity index (χ1n) is 5.51. The molecule has 0 spiro atoms. The van der Waals surface area contributed by atoms with Gasteiger partial charge in [-0.1, -0.05) is 18.0 Å². The number of thiophene rings is 1. The summed E-state index contributed by atoms with van der Waals surface area (Å²) in [5.41, 5.74) is 0. The molecule has 1 unspecified atom stereocenters. The maximum Gasteiger partial charge on any atom is 0.237 e. The van der Waals surface area contributed by atoms with E-state index in [0.717, 1.165) is 28.6 Å². The molecule has 5 heteroatoms. The average molecular weight is 259 g/mol. The second-order valence-electron chi connectivity index (χ2n) is 3.93. The standard InChI is InChI=1S/C11H15ClN2OS/c12-10-5-4-8(16-10)7-14-11(15)9-3-1-2-6-13-9/h4-5,9,13H,1-3,6-7H2,(H,14,15). The average Bonchev–Trinajstić information content (AvgIpc) is 2.73. The first kappa shape index (κ1) is 11.9. The lowest BCUT2D eigenvalue weighted by Gasteiger charge is -2.22. The van der Waals surface area contributed by atoms with Gasteiger partial charge in [0.1, 0.15) is 0 Å². The van der Waals surface area contributed by atoms with Crippen LogP contribution in [0.1, 0.15) is 24.1 Å². The number of amides is 1. The Morgan fingerprint density at radius 1 is 1.56 bits per heavy atom. The lowest BCUT2D eigenvalue weighted by atomic mass is 10.0. The van der Waals surface area contributed by atoms with Crippen molar-refractivity contribution in [3.05, 3.63) is 21.3 Å². The molecule has 88 valence electrons. The molecule has 1 amide bonds. The van der Waals surface area contributed by atoms with Crippen LogP contribution >= 0.6 is 22.9 Å². The highest BCUT2D eigenvalue weighted by atomic mass is 35.5. The second-order valence-corrected chi connectivity index (χ2v) is 5.73. The predicted molar refractivity (Wildman–Crippen MR) is 66.8 cm³/mol. The maximum absolute atomic E-state index is 11.8. The molecule has 0 bridgehead atoms. The Hall–Kier alpha value is -0.580. The van der Waals surface area contributed by atoms with Crippen LogP contribution in [0.4, 0.5) is 0 Å². The molecule has 1 aliphatic heterocycles. The summed E-state index contributed by atoms with van der Waals surface area (Å²) in [6.07, 6.45) is 3.25. The van der Waals surface area contributed by atoms with E-state index in [0.29, 0.717) is 6.54 Å². The number of halogens is 1. The number of piperidine rings is 1. The van der Waals surface area contributed by atoms with Gasteiger partial charge >= 0.3 is 0 Å². The summed E-state index contributed by atoms with van der Waals surface area (Å²) in [7, 11) is 0. The molecule has 1 aliphatic rings. The zero-order valence-electron chi connectivity index (χ0n) is 8.96. The Morgan fingerprint density at radius 2 is 2.44 bits per heavy atom. The first-order valence-corrected chi connectivity index (χ1v) is 6.70. The van der Waals surface area contributed by atoms with Crippen LogP contribution in [0.2, 0.25) is 4.34 Å². The Balaban J connectivity index is 1.78. The van der Waals surface area contributed by atoms with Crippen molar-refractivity contribution < 1.29 is 4.79 Å². The molecule has 0 aliphatic carbocycles. The number of carbonyl (C=O) groups is 1. The van der Waals surface area contributed by atoms with E-state index in [9.17, 15) is 4.79 Å². The minimum absolute atomic E-state index is 0.0100. The van der Waals surface area contributed by atoms with Crippen molar-refractivity contribution in [2.45, 2.75) is 31.8 Å². The van der Waals surface area contributed by atoms with Gasteiger partial charge in [0.05, 0.1) is 16.9 Å². The zero-order chi connectivity index (χ0) is 11.4. The molecule has 1 atom stereocenters. The summed E-state index contributed by atoms with van der Waals surface area (Å²) in [6, 6.07) is 3.79. The van der Waals surface area contributed by atoms with Gasteiger partial charge in [-0.3, -0.25) is 4.79 Å². The third-order valence-electron chi connectivity index (χ3n) is 2.69. The number of rotatable bonds is 3. The van der Waals surface area contributed by atoms with Gasteiger partial charge in [0.15, 0.2) is 0 Å². The van der Waals surface area contributed by atoms with Gasteiger partial charge in [0.25, 0.3) is 0 Å². The monoisotopic (exact) mass is 258 g/mol. The molecule has 2 rings (SSSR count). The zero-order valence-corrected chi connectivity index (χ0v) is 10.5. The molecule has 0 radical (unpaired) electrons. The molecule has 0 aromatic carbocycles. The highest BCUT2D eigenvalue weighted by Gasteiger charge is 2.19. The quantitative estimate of drug-likeness (QED) is 0.872. The van der Waals surface area contributed by atoms with Gasteiger partial charge in [-0.25, -0.2) is 0 Å². The fourth-order valence-electron chi connectivity index (χ4n) is 1.82. The Bertz CT molecular complexity index is 361. The van der Waals surface area contributed by atoms with Gasteiger partial charge in [0.2, 0.25) is 5.91 Å². The van der Waals surface area contributed by atoms with Crippen molar-refractivity contribution in [3.63, 3.8) is 0 Å². The van der Waals surface area contributed by atoms with Crippen molar-refractivity contribution in [2.75, 3.05) is 6.54 Å². The fourth-order valence-corrected chi connectivity index (χ4v) is 2.85. The largest absolute Gasteiger partial charge is 0.350 e. The van der Waals surface area contributed by atoms with E-state index in [1.54, 1.807) is 0 Å². The van der Waals surface area contributed by atoms with Gasteiger partial charge < -0.3 is 10.6 Å². The predicted octanol–water partition coefficient (Wildman–Crippen LogP) is 2.16. The highest BCUT2D eigenvalue weighted by molar-refractivity contribution is 7.16. The van der Waals surface area contributed by atoms with Crippen molar-refractivity contribution >= 4 is 28.8 Å². The van der Waals surface area contributed by atoms with Gasteiger partial charge in [-0.2, -0.15) is 0 Å². The molecule has 1 aromatic rings. The molecule has 3 nitrogen and oxygen atoms in total. The molecule has 2 N–H and O–H groups in total. The summed E-state index contributed by atoms with van der Waals surface area (Å²) in [5, 5.41) is 6.16. The van der Waals surface area contributed by atoms with Crippen LogP contribution < -0.4 is 10.6 Å². The number of hydrogen-bond donors (Lipinski definition) is 2. The summed E-state index contributed by atoms with van der Waals surface area (Å²) in [4.78, 5) is 12.9. The van der Waals surface area contributed by atoms with E-state index in [-0.39, 0.29) is 11.9 Å². The van der Waals surface area contributed by atoms with E-state index >= 15 is 0 Å². The van der Waals surface area contributed by atoms with Crippen LogP contribution in [0.3, 0.4) is 0 Å². The third-order valence-corrected chi connectivity index (χ3v) is 3.92. The normalized spacial score (nSPS) is 20.7. The number of hydrogen-bond acceptors (Lipinski definition) is 3. The fraction of sp³-hybridized carbons (Fsp3) is 0.545. The van der Waals surface area contributed by atoms with Crippen molar-refractivity contribution in [2.24, 2.45) is 0 Å². The third kappa shape index (κ3) is 3.20. The maximum atomic E-state index is 11.8. The van der Waals surface area contributed by atoms with Crippen molar-refractivity contribution in [1.82, 2.24) is 10.6 Å². The van der Waals surface area contributed by atoms with Crippen molar-refractivity contribution in [3.8, 4) is 0 Å². The van der Waals surface area contributed by atoms with E-state index in [1.165, 1.54) is 17.8 Å². The van der Waals surface area contributed by atoms with Crippen LogP contribution in [0.15, 0.2) is 12.1 Å². The van der Waals surface area contributed by atoms with E-state index in [2.05, 4.69) is 10.6 Å². The molecule has 2 heterocycles. The van der Waals surface area contributed by atoms with E-state index < -0.39 is 0 Å². The Labute approximate surface area is 104 Å². The van der Waals surface area contributed by atoms with E-state index in [4.69, 9.17) is 11.6 Å². The topological polar surface area (TPSA) is 41.1 Å². The first-order chi connectivity index (χ1) is 7.75. The molecule has 1 saturated heterocycles. The summed E-state index contributed by atoms with van der Waals surface area (Å²) in [5.74, 6) is 0.101. The smallest absolute Gasteiger partial charge is 0.237 e. The van der Waals surface area contributed by atoms with Gasteiger partial charge in [-0.05, 0) is 31.5 Å². The lowest BCUT2D eigenvalue weighted by molar-refractivity contribution is -0.123. The second kappa shape index (κ2) is 5.66. The molecule has 0 saturated carbocycles. The number of carbonyl (C=O) groups excluding carboxylic acids is 1. The molecule has 16 heavy (non-hydrogen) atoms. The molecular formula is C11H15ClN2OS. The SMILES string of the molecule is O=C(NCc1ccc(Cl)s1)C1CCCCN1. The van der Waals surface area contributed by atoms with Gasteiger partial charge in [-0.15, -0.1) is 11.3 Å². The van der Waals surface area contributed by atoms with E-state index in [1.807, 2.05) is 12.1 Å². The Kier molecular flexibility index (Phi) is 4.21. The summed E-state index contributed by atoms with van der Waals surface area (Å²) < 4.78 is 0.764. The van der Waals surface area contributed by atoms with Crippen LogP contribution in [0.5, 0.6) is 0 Å². The van der Waals surface area contributed by atoms with Crippen LogP contribution in [-0.4, -0.2) is 18.5 Å². The minimum atomic E-state index is -0.0100. The molecule has 1 fully saturated rings. The minimum Gasteiger partial charge on any atom is -0.350 e. The van der Waals surface area contributed by atoms with Crippen molar-refractivity contribution in [1.29, 1.82) is 0 Å². The highest BCUT2D eigenvalue weighted by Crippen LogP contribution is 2.21. The number of nitrogens with one attached hydrogen (secondary N) is 2. The van der Waals surface area contributed by atoms with Crippen LogP contribution in [-0.2, 0) is 11.3 Å². The lowest BCUT2D eigenvalue weighted by Crippen LogP contribution is -2.46. The van der Waals surface area contributed by atoms with Crippen LogP contribution in [0.25, 0.3) is 0 Å². The van der Waals surface area contributed by atoms with Crippen LogP contribution in [0, 0.1) is 0 Å². The molecular weight excluding hydrogens is 244 g/mol. The summed E-state index contributed by atoms with van der Waals surface area (Å²) in [6.45, 7) is 1.53. The van der Waals surface area contributed by atoms with Gasteiger partial charge in [0, 0.05) is 4.88 Å². The molecule has 1 aromatic heterocycles.